The van der Waals surface area contributed by atoms with Crippen LogP contribution < -0.4 is 14.4 Å². The molecule has 3 aromatic rings. The fraction of sp³-hybridized carbons (Fsp3) is 0.360. The Morgan fingerprint density at radius 2 is 1.88 bits per heavy atom. The van der Waals surface area contributed by atoms with Crippen molar-refractivity contribution in [3.63, 3.8) is 0 Å². The van der Waals surface area contributed by atoms with Crippen molar-refractivity contribution in [1.82, 2.24) is 15.2 Å². The third-order valence-corrected chi connectivity index (χ3v) is 5.99. The van der Waals surface area contributed by atoms with Crippen LogP contribution in [0.4, 0.5) is 5.69 Å². The number of aromatic nitrogens is 3. The van der Waals surface area contributed by atoms with Gasteiger partial charge in [-0.25, -0.2) is 0 Å². The Morgan fingerprint density at radius 1 is 1.09 bits per heavy atom. The van der Waals surface area contributed by atoms with Gasteiger partial charge in [-0.2, -0.15) is 4.98 Å². The van der Waals surface area contributed by atoms with E-state index in [4.69, 9.17) is 9.47 Å². The van der Waals surface area contributed by atoms with E-state index >= 15 is 0 Å². The maximum Gasteiger partial charge on any atom is 0.247 e. The van der Waals surface area contributed by atoms with Gasteiger partial charge in [0.05, 0.1) is 17.9 Å². The molecule has 1 aliphatic heterocycles. The molecule has 1 atom stereocenters. The van der Waals surface area contributed by atoms with E-state index in [1.165, 1.54) is 11.8 Å². The zero-order chi connectivity index (χ0) is 23.2. The summed E-state index contributed by atoms with van der Waals surface area (Å²) in [5.74, 6) is 0.971. The first-order valence-electron chi connectivity index (χ1n) is 11.3. The van der Waals surface area contributed by atoms with Gasteiger partial charge in [-0.05, 0) is 30.9 Å². The zero-order valence-corrected chi connectivity index (χ0v) is 20.0. The second-order valence-corrected chi connectivity index (χ2v) is 8.42. The first-order chi connectivity index (χ1) is 16.2. The molecule has 172 valence electrons. The van der Waals surface area contributed by atoms with Gasteiger partial charge in [0.25, 0.3) is 0 Å². The standard InChI is InChI=1S/C25H28N4O3S/c1-4-6-11-16-31-20-15-10-8-13-18(20)24-29(21(30)5-2)19-14-9-7-12-17(19)22-23(32-24)26-25(33-3)28-27-22/h7-10,12-15,24H,4-6,11,16H2,1-3H3/t24-/m0/s1. The molecule has 1 aliphatic rings. The largest absolute Gasteiger partial charge is 0.493 e. The highest BCUT2D eigenvalue weighted by atomic mass is 32.2. The fourth-order valence-corrected chi connectivity index (χ4v) is 4.09. The molecule has 0 aliphatic carbocycles. The lowest BCUT2D eigenvalue weighted by atomic mass is 10.1. The van der Waals surface area contributed by atoms with E-state index in [-0.39, 0.29) is 5.91 Å². The van der Waals surface area contributed by atoms with Crippen molar-refractivity contribution in [2.75, 3.05) is 17.8 Å². The van der Waals surface area contributed by atoms with Crippen molar-refractivity contribution in [3.05, 3.63) is 54.1 Å². The topological polar surface area (TPSA) is 77.4 Å². The summed E-state index contributed by atoms with van der Waals surface area (Å²) in [6, 6.07) is 15.3. The summed E-state index contributed by atoms with van der Waals surface area (Å²) < 4.78 is 12.6. The predicted molar refractivity (Wildman–Crippen MR) is 130 cm³/mol. The van der Waals surface area contributed by atoms with Crippen LogP contribution in [-0.4, -0.2) is 34.0 Å². The molecule has 0 radical (unpaired) electrons. The molecule has 0 saturated carbocycles. The predicted octanol–water partition coefficient (Wildman–Crippen LogP) is 5.66. The number of fused-ring (bicyclic) bond motifs is 3. The van der Waals surface area contributed by atoms with Crippen molar-refractivity contribution in [3.8, 4) is 22.9 Å². The number of para-hydroxylation sites is 2. The van der Waals surface area contributed by atoms with E-state index in [0.29, 0.717) is 41.2 Å². The Hall–Kier alpha value is -3.13. The van der Waals surface area contributed by atoms with E-state index in [0.717, 1.165) is 30.4 Å². The molecule has 0 bridgehead atoms. The van der Waals surface area contributed by atoms with Crippen LogP contribution in [0.2, 0.25) is 0 Å². The summed E-state index contributed by atoms with van der Waals surface area (Å²) in [5, 5.41) is 9.12. The molecule has 7 nitrogen and oxygen atoms in total. The van der Waals surface area contributed by atoms with Crippen LogP contribution >= 0.6 is 11.8 Å². The van der Waals surface area contributed by atoms with Gasteiger partial charge in [0.1, 0.15) is 5.75 Å². The average molecular weight is 465 g/mol. The van der Waals surface area contributed by atoms with E-state index in [9.17, 15) is 4.79 Å². The number of nitrogens with zero attached hydrogens (tertiary/aromatic N) is 4. The van der Waals surface area contributed by atoms with Gasteiger partial charge in [0.2, 0.25) is 23.2 Å². The summed E-state index contributed by atoms with van der Waals surface area (Å²) in [4.78, 5) is 19.6. The lowest BCUT2D eigenvalue weighted by Gasteiger charge is -2.31. The monoisotopic (exact) mass is 464 g/mol. The third-order valence-electron chi connectivity index (χ3n) is 5.46. The van der Waals surface area contributed by atoms with Crippen LogP contribution in [0.3, 0.4) is 0 Å². The molecular weight excluding hydrogens is 436 g/mol. The van der Waals surface area contributed by atoms with Crippen molar-refractivity contribution in [1.29, 1.82) is 0 Å². The number of hydrogen-bond donors (Lipinski definition) is 0. The van der Waals surface area contributed by atoms with Gasteiger partial charge in [-0.3, -0.25) is 9.69 Å². The number of anilines is 1. The maximum atomic E-state index is 13.3. The van der Waals surface area contributed by atoms with Gasteiger partial charge >= 0.3 is 0 Å². The number of thioether (sulfide) groups is 1. The average Bonchev–Trinajstić information content (AvgIpc) is 3.00. The highest BCUT2D eigenvalue weighted by Crippen LogP contribution is 2.45. The van der Waals surface area contributed by atoms with Crippen LogP contribution in [0, 0.1) is 0 Å². The number of rotatable bonds is 8. The van der Waals surface area contributed by atoms with Crippen LogP contribution in [0.15, 0.2) is 53.7 Å². The Labute approximate surface area is 198 Å². The normalized spacial score (nSPS) is 14.6. The molecule has 0 fully saturated rings. The minimum absolute atomic E-state index is 0.0703. The second-order valence-electron chi connectivity index (χ2n) is 7.65. The molecule has 0 saturated heterocycles. The summed E-state index contributed by atoms with van der Waals surface area (Å²) in [7, 11) is 0. The zero-order valence-electron chi connectivity index (χ0n) is 19.2. The summed E-state index contributed by atoms with van der Waals surface area (Å²) in [6.07, 6.45) is 4.63. The van der Waals surface area contributed by atoms with Crippen LogP contribution in [0.25, 0.3) is 11.3 Å². The number of amides is 1. The number of hydrogen-bond acceptors (Lipinski definition) is 7. The fourth-order valence-electron chi connectivity index (χ4n) is 3.79. The van der Waals surface area contributed by atoms with Crippen molar-refractivity contribution < 1.29 is 14.3 Å². The van der Waals surface area contributed by atoms with E-state index in [1.807, 2.05) is 61.7 Å². The molecule has 0 unspecified atom stereocenters. The molecule has 8 heteroatoms. The van der Waals surface area contributed by atoms with Crippen LogP contribution in [-0.2, 0) is 4.79 Å². The molecule has 0 spiro atoms. The smallest absolute Gasteiger partial charge is 0.247 e. The summed E-state index contributed by atoms with van der Waals surface area (Å²) >= 11 is 1.39. The molecule has 1 amide bonds. The van der Waals surface area contributed by atoms with Crippen LogP contribution in [0.5, 0.6) is 11.6 Å². The summed E-state index contributed by atoms with van der Waals surface area (Å²) in [6.45, 7) is 4.61. The summed E-state index contributed by atoms with van der Waals surface area (Å²) in [5.41, 5.74) is 2.75. The number of ether oxygens (including phenoxy) is 2. The number of carbonyl (C=O) groups excluding carboxylic acids is 1. The van der Waals surface area contributed by atoms with Gasteiger partial charge in [-0.1, -0.05) is 68.8 Å². The second kappa shape index (κ2) is 10.7. The maximum absolute atomic E-state index is 13.3. The molecule has 1 aromatic heterocycles. The van der Waals surface area contributed by atoms with Gasteiger partial charge in [0.15, 0.2) is 5.69 Å². The first-order valence-corrected chi connectivity index (χ1v) is 12.5. The molecule has 0 N–H and O–H groups in total. The van der Waals surface area contributed by atoms with Crippen molar-refractivity contribution >= 4 is 23.4 Å². The molecule has 2 aromatic carbocycles. The minimum Gasteiger partial charge on any atom is -0.493 e. The Balaban J connectivity index is 1.86. The van der Waals surface area contributed by atoms with E-state index < -0.39 is 6.23 Å². The molecule has 4 rings (SSSR count). The lowest BCUT2D eigenvalue weighted by Crippen LogP contribution is -2.37. The van der Waals surface area contributed by atoms with Gasteiger partial charge in [-0.15, -0.1) is 10.2 Å². The molecule has 2 heterocycles. The van der Waals surface area contributed by atoms with Crippen molar-refractivity contribution in [2.24, 2.45) is 0 Å². The highest BCUT2D eigenvalue weighted by Gasteiger charge is 2.36. The quantitative estimate of drug-likeness (QED) is 0.314. The Bertz CT molecular complexity index is 1120. The Morgan fingerprint density at radius 3 is 2.67 bits per heavy atom. The van der Waals surface area contributed by atoms with Gasteiger partial charge < -0.3 is 9.47 Å². The minimum atomic E-state index is -0.756. The Kier molecular flexibility index (Phi) is 7.44. The highest BCUT2D eigenvalue weighted by molar-refractivity contribution is 7.98. The molecule has 33 heavy (non-hydrogen) atoms. The van der Waals surface area contributed by atoms with E-state index in [2.05, 4.69) is 22.1 Å². The third kappa shape index (κ3) is 4.80. The van der Waals surface area contributed by atoms with Crippen LogP contribution in [0.1, 0.15) is 51.3 Å². The molecular formula is C25H28N4O3S. The van der Waals surface area contributed by atoms with E-state index in [1.54, 1.807) is 4.90 Å². The SMILES string of the molecule is CCCCCOc1ccccc1[C@@H]1Oc2nc(SC)nnc2-c2ccccc2N1C(=O)CC. The number of unbranched alkanes of at least 4 members (excludes halogenated alkanes) is 2. The van der Waals surface area contributed by atoms with Crippen molar-refractivity contribution in [2.45, 2.75) is 50.9 Å². The number of carbonyl (C=O) groups is 1. The lowest BCUT2D eigenvalue weighted by molar-refractivity contribution is -0.120. The first kappa shape index (κ1) is 23.0. The number of benzene rings is 2. The van der Waals surface area contributed by atoms with Gasteiger partial charge in [0, 0.05) is 12.0 Å².